The molecule has 0 fully saturated rings. The van der Waals surface area contributed by atoms with E-state index in [2.05, 4.69) is 34.7 Å². The van der Waals surface area contributed by atoms with Gasteiger partial charge in [-0.1, -0.05) is 12.1 Å². The highest BCUT2D eigenvalue weighted by atomic mass is 16.1. The molecule has 1 heterocycles. The summed E-state index contributed by atoms with van der Waals surface area (Å²) < 4.78 is 2.20. The van der Waals surface area contributed by atoms with Crippen LogP contribution in [0.2, 0.25) is 0 Å². The van der Waals surface area contributed by atoms with Gasteiger partial charge < -0.3 is 9.36 Å². The van der Waals surface area contributed by atoms with Gasteiger partial charge in [0.25, 0.3) is 0 Å². The Labute approximate surface area is 101 Å². The van der Waals surface area contributed by atoms with Gasteiger partial charge in [0, 0.05) is 13.0 Å². The van der Waals surface area contributed by atoms with E-state index in [4.69, 9.17) is 0 Å². The van der Waals surface area contributed by atoms with E-state index in [1.54, 1.807) is 6.92 Å². The number of para-hydroxylation sites is 1. The molecule has 0 N–H and O–H groups in total. The number of rotatable bonds is 4. The summed E-state index contributed by atoms with van der Waals surface area (Å²) in [4.78, 5) is 15.5. The van der Waals surface area contributed by atoms with Gasteiger partial charge in [-0.05, 0) is 38.8 Å². The lowest BCUT2D eigenvalue weighted by atomic mass is 10.2. The molecule has 0 aliphatic heterocycles. The van der Waals surface area contributed by atoms with Crippen LogP contribution in [0.1, 0.15) is 31.2 Å². The van der Waals surface area contributed by atoms with Crippen LogP contribution in [0.25, 0.3) is 11.0 Å². The maximum Gasteiger partial charge on any atom is 0.129 e. The molecule has 0 radical (unpaired) electrons. The lowest BCUT2D eigenvalue weighted by molar-refractivity contribution is -0.117. The van der Waals surface area contributed by atoms with Crippen LogP contribution in [0.15, 0.2) is 18.2 Å². The summed E-state index contributed by atoms with van der Waals surface area (Å²) in [6, 6.07) is 6.23. The molecule has 3 nitrogen and oxygen atoms in total. The molecular formula is C14H18N2O. The van der Waals surface area contributed by atoms with Crippen molar-refractivity contribution in [1.29, 1.82) is 0 Å². The zero-order valence-electron chi connectivity index (χ0n) is 10.7. The largest absolute Gasteiger partial charge is 0.328 e. The molecule has 0 atom stereocenters. The molecule has 0 saturated carbocycles. The van der Waals surface area contributed by atoms with Crippen LogP contribution < -0.4 is 0 Å². The van der Waals surface area contributed by atoms with Crippen molar-refractivity contribution in [3.05, 3.63) is 29.6 Å². The van der Waals surface area contributed by atoms with Crippen molar-refractivity contribution in [1.82, 2.24) is 9.55 Å². The Morgan fingerprint density at radius 3 is 2.82 bits per heavy atom. The van der Waals surface area contributed by atoms with Gasteiger partial charge in [-0.15, -0.1) is 0 Å². The molecule has 17 heavy (non-hydrogen) atoms. The molecule has 2 aromatic rings. The molecule has 3 heteroatoms. The number of hydrogen-bond donors (Lipinski definition) is 0. The van der Waals surface area contributed by atoms with Crippen LogP contribution in [0.4, 0.5) is 0 Å². The van der Waals surface area contributed by atoms with Crippen molar-refractivity contribution in [3.63, 3.8) is 0 Å². The Kier molecular flexibility index (Phi) is 3.27. The smallest absolute Gasteiger partial charge is 0.129 e. The van der Waals surface area contributed by atoms with Gasteiger partial charge in [0.1, 0.15) is 11.6 Å². The minimum atomic E-state index is 0.253. The zero-order chi connectivity index (χ0) is 12.4. The highest BCUT2D eigenvalue weighted by Crippen LogP contribution is 2.19. The summed E-state index contributed by atoms with van der Waals surface area (Å²) >= 11 is 0. The molecule has 0 bridgehead atoms. The predicted octanol–water partition coefficient (Wildman–Crippen LogP) is 3.02. The molecule has 1 aromatic heterocycles. The Morgan fingerprint density at radius 1 is 1.35 bits per heavy atom. The van der Waals surface area contributed by atoms with E-state index >= 15 is 0 Å². The van der Waals surface area contributed by atoms with Gasteiger partial charge in [0.05, 0.1) is 11.0 Å². The number of carbonyl (C=O) groups excluding carboxylic acids is 1. The summed E-state index contributed by atoms with van der Waals surface area (Å²) in [5.41, 5.74) is 3.45. The van der Waals surface area contributed by atoms with Gasteiger partial charge in [0.2, 0.25) is 0 Å². The number of imidazole rings is 1. The van der Waals surface area contributed by atoms with Gasteiger partial charge in [-0.3, -0.25) is 0 Å². The molecule has 1 aromatic carbocycles. The maximum atomic E-state index is 10.9. The molecule has 0 saturated heterocycles. The molecule has 0 unspecified atom stereocenters. The van der Waals surface area contributed by atoms with Gasteiger partial charge in [-0.25, -0.2) is 4.98 Å². The van der Waals surface area contributed by atoms with Crippen LogP contribution in [0.5, 0.6) is 0 Å². The number of carbonyl (C=O) groups is 1. The van der Waals surface area contributed by atoms with E-state index < -0.39 is 0 Å². The number of Topliss-reactive ketones (excluding diaryl/α,β-unsaturated/α-hetero) is 1. The first-order chi connectivity index (χ1) is 8.09. The summed E-state index contributed by atoms with van der Waals surface area (Å²) in [6.07, 6.45) is 1.53. The van der Waals surface area contributed by atoms with Gasteiger partial charge in [-0.2, -0.15) is 0 Å². The van der Waals surface area contributed by atoms with E-state index in [1.807, 2.05) is 6.92 Å². The fourth-order valence-corrected chi connectivity index (χ4v) is 2.17. The third-order valence-electron chi connectivity index (χ3n) is 3.08. The highest BCUT2D eigenvalue weighted by Gasteiger charge is 2.08. The van der Waals surface area contributed by atoms with Gasteiger partial charge in [0.15, 0.2) is 0 Å². The first-order valence-electron chi connectivity index (χ1n) is 6.01. The molecule has 0 aliphatic carbocycles. The summed E-state index contributed by atoms with van der Waals surface area (Å²) in [5.74, 6) is 1.28. The average molecular weight is 230 g/mol. The van der Waals surface area contributed by atoms with Crippen LogP contribution >= 0.6 is 0 Å². The number of fused-ring (bicyclic) bond motifs is 1. The SMILES string of the molecule is CC(=O)CCCn1c(C)nc2c(C)cccc21. The fraction of sp³-hybridized carbons (Fsp3) is 0.429. The second-order valence-corrected chi connectivity index (χ2v) is 4.56. The van der Waals surface area contributed by atoms with Crippen LogP contribution in [0, 0.1) is 13.8 Å². The monoisotopic (exact) mass is 230 g/mol. The van der Waals surface area contributed by atoms with Crippen molar-refractivity contribution in [2.24, 2.45) is 0 Å². The van der Waals surface area contributed by atoms with Crippen molar-refractivity contribution in [2.45, 2.75) is 40.2 Å². The first-order valence-corrected chi connectivity index (χ1v) is 6.01. The highest BCUT2D eigenvalue weighted by molar-refractivity contribution is 5.79. The third-order valence-corrected chi connectivity index (χ3v) is 3.08. The summed E-state index contributed by atoms with van der Waals surface area (Å²) in [6.45, 7) is 6.61. The molecule has 0 aliphatic rings. The van der Waals surface area contributed by atoms with Gasteiger partial charge >= 0.3 is 0 Å². The number of hydrogen-bond acceptors (Lipinski definition) is 2. The molecule has 90 valence electrons. The third kappa shape index (κ3) is 2.38. The topological polar surface area (TPSA) is 34.9 Å². The zero-order valence-corrected chi connectivity index (χ0v) is 10.7. The second-order valence-electron chi connectivity index (χ2n) is 4.56. The molecule has 0 amide bonds. The normalized spacial score (nSPS) is 11.0. The number of benzene rings is 1. The van der Waals surface area contributed by atoms with E-state index in [9.17, 15) is 4.79 Å². The van der Waals surface area contributed by atoms with Crippen LogP contribution in [-0.2, 0) is 11.3 Å². The number of aromatic nitrogens is 2. The van der Waals surface area contributed by atoms with Crippen LogP contribution in [0.3, 0.4) is 0 Å². The number of aryl methyl sites for hydroxylation is 3. The van der Waals surface area contributed by atoms with Crippen molar-refractivity contribution in [3.8, 4) is 0 Å². The molecule has 2 rings (SSSR count). The van der Waals surface area contributed by atoms with E-state index in [-0.39, 0.29) is 5.78 Å². The second kappa shape index (κ2) is 4.70. The Hall–Kier alpha value is -1.64. The van der Waals surface area contributed by atoms with Crippen molar-refractivity contribution < 1.29 is 4.79 Å². The predicted molar refractivity (Wildman–Crippen MR) is 69.1 cm³/mol. The molecule has 0 spiro atoms. The van der Waals surface area contributed by atoms with Crippen molar-refractivity contribution >= 4 is 16.8 Å². The average Bonchev–Trinajstić information content (AvgIpc) is 2.57. The Balaban J connectivity index is 2.30. The Morgan fingerprint density at radius 2 is 2.12 bits per heavy atom. The minimum absolute atomic E-state index is 0.253. The van der Waals surface area contributed by atoms with Crippen molar-refractivity contribution in [2.75, 3.05) is 0 Å². The lowest BCUT2D eigenvalue weighted by Crippen LogP contribution is -2.02. The van der Waals surface area contributed by atoms with E-state index in [0.29, 0.717) is 6.42 Å². The standard InChI is InChI=1S/C14H18N2O/c1-10-6-4-8-13-14(10)15-12(3)16(13)9-5-7-11(2)17/h4,6,8H,5,7,9H2,1-3H3. The van der Waals surface area contributed by atoms with Crippen LogP contribution in [-0.4, -0.2) is 15.3 Å². The maximum absolute atomic E-state index is 10.9. The summed E-state index contributed by atoms with van der Waals surface area (Å²) in [7, 11) is 0. The lowest BCUT2D eigenvalue weighted by Gasteiger charge is -2.05. The van der Waals surface area contributed by atoms with E-state index in [0.717, 1.165) is 24.3 Å². The number of nitrogens with zero attached hydrogens (tertiary/aromatic N) is 2. The Bertz CT molecular complexity index is 555. The quantitative estimate of drug-likeness (QED) is 0.809. The summed E-state index contributed by atoms with van der Waals surface area (Å²) in [5, 5.41) is 0. The first kappa shape index (κ1) is 11.8. The molecular weight excluding hydrogens is 212 g/mol. The fourth-order valence-electron chi connectivity index (χ4n) is 2.17. The van der Waals surface area contributed by atoms with E-state index in [1.165, 1.54) is 11.1 Å². The minimum Gasteiger partial charge on any atom is -0.328 e. The number of ketones is 1.